The fraction of sp³-hybridized carbons (Fsp3) is 0.364. The zero-order valence-electron chi connectivity index (χ0n) is 17.1. The van der Waals surface area contributed by atoms with Gasteiger partial charge in [-0.3, -0.25) is 9.69 Å². The summed E-state index contributed by atoms with van der Waals surface area (Å²) in [5.41, 5.74) is 1.84. The van der Waals surface area contributed by atoms with E-state index in [1.807, 2.05) is 30.3 Å². The molecular weight excluding hydrogens is 461 g/mol. The number of carbonyl (C=O) groups is 2. The van der Waals surface area contributed by atoms with E-state index in [0.717, 1.165) is 24.1 Å². The number of hydrogen-bond acceptors (Lipinski definition) is 3. The van der Waals surface area contributed by atoms with Crippen LogP contribution in [0.3, 0.4) is 0 Å². The molecule has 0 aliphatic carbocycles. The summed E-state index contributed by atoms with van der Waals surface area (Å²) in [6.07, 6.45) is -0.0235. The molecule has 0 saturated carbocycles. The zero-order chi connectivity index (χ0) is 21.7. The van der Waals surface area contributed by atoms with Crippen LogP contribution in [0.25, 0.3) is 0 Å². The highest BCUT2D eigenvalue weighted by Crippen LogP contribution is 2.26. The van der Waals surface area contributed by atoms with Crippen molar-refractivity contribution in [3.8, 4) is 0 Å². The van der Waals surface area contributed by atoms with Gasteiger partial charge in [0.1, 0.15) is 0 Å². The summed E-state index contributed by atoms with van der Waals surface area (Å²) >= 11 is 12.1. The van der Waals surface area contributed by atoms with Crippen molar-refractivity contribution in [2.45, 2.75) is 24.9 Å². The number of nitrogens with one attached hydrogen (secondary N) is 1. The molecule has 31 heavy (non-hydrogen) atoms. The maximum absolute atomic E-state index is 13.0. The molecule has 1 fully saturated rings. The highest BCUT2D eigenvalue weighted by molar-refractivity contribution is 6.42. The second-order valence-corrected chi connectivity index (χ2v) is 8.37. The third-order valence-corrected chi connectivity index (χ3v) is 6.15. The lowest BCUT2D eigenvalue weighted by Crippen LogP contribution is -2.41. The van der Waals surface area contributed by atoms with Gasteiger partial charge in [0.2, 0.25) is 5.91 Å². The highest BCUT2D eigenvalue weighted by atomic mass is 35.5. The van der Waals surface area contributed by atoms with Gasteiger partial charge >= 0.3 is 6.09 Å². The molecule has 9 heteroatoms. The Bertz CT molecular complexity index is 898. The van der Waals surface area contributed by atoms with Crippen molar-refractivity contribution in [1.82, 2.24) is 15.1 Å². The maximum atomic E-state index is 13.0. The van der Waals surface area contributed by atoms with Crippen molar-refractivity contribution >= 4 is 47.6 Å². The summed E-state index contributed by atoms with van der Waals surface area (Å²) < 4.78 is 0. The fourth-order valence-corrected chi connectivity index (χ4v) is 4.11. The number of amides is 2. The maximum Gasteiger partial charge on any atom is 0.404 e. The van der Waals surface area contributed by atoms with Gasteiger partial charge in [-0.25, -0.2) is 4.79 Å². The van der Waals surface area contributed by atoms with Crippen LogP contribution in [0.5, 0.6) is 0 Å². The number of hydrogen-bond donors (Lipinski definition) is 2. The quantitative estimate of drug-likeness (QED) is 0.604. The Morgan fingerprint density at radius 2 is 1.90 bits per heavy atom. The van der Waals surface area contributed by atoms with Crippen LogP contribution in [0.2, 0.25) is 10.0 Å². The first-order chi connectivity index (χ1) is 14.3. The van der Waals surface area contributed by atoms with Gasteiger partial charge in [-0.15, -0.1) is 12.4 Å². The Morgan fingerprint density at radius 3 is 2.55 bits per heavy atom. The van der Waals surface area contributed by atoms with Gasteiger partial charge < -0.3 is 15.3 Å². The lowest BCUT2D eigenvalue weighted by Gasteiger charge is -2.32. The fourth-order valence-electron chi connectivity index (χ4n) is 3.78. The average Bonchev–Trinajstić information content (AvgIpc) is 3.15. The molecule has 168 valence electrons. The number of rotatable bonds is 7. The van der Waals surface area contributed by atoms with E-state index in [9.17, 15) is 9.59 Å². The van der Waals surface area contributed by atoms with Crippen molar-refractivity contribution in [3.05, 3.63) is 69.7 Å². The van der Waals surface area contributed by atoms with Gasteiger partial charge in [-0.05, 0) is 29.7 Å². The van der Waals surface area contributed by atoms with Gasteiger partial charge in [0.05, 0.1) is 22.5 Å². The number of carboxylic acid groups (broad SMARTS) is 1. The smallest absolute Gasteiger partial charge is 0.404 e. The number of benzene rings is 2. The molecule has 2 aromatic carbocycles. The molecule has 1 heterocycles. The van der Waals surface area contributed by atoms with E-state index in [2.05, 4.69) is 10.2 Å². The first-order valence-corrected chi connectivity index (χ1v) is 10.6. The van der Waals surface area contributed by atoms with Crippen LogP contribution in [0.1, 0.15) is 23.6 Å². The van der Waals surface area contributed by atoms with Crippen LogP contribution in [0.15, 0.2) is 48.5 Å². The number of halogens is 3. The lowest BCUT2D eigenvalue weighted by molar-refractivity contribution is -0.131. The van der Waals surface area contributed by atoms with Crippen molar-refractivity contribution < 1.29 is 14.7 Å². The second kappa shape index (κ2) is 11.6. The Labute approximate surface area is 198 Å². The zero-order valence-corrected chi connectivity index (χ0v) is 19.5. The minimum Gasteiger partial charge on any atom is -0.465 e. The third-order valence-electron chi connectivity index (χ3n) is 5.42. The van der Waals surface area contributed by atoms with E-state index in [0.29, 0.717) is 23.1 Å². The van der Waals surface area contributed by atoms with Crippen LogP contribution < -0.4 is 5.32 Å². The SMILES string of the molecule is CN(C(=O)Cc1ccc(Cl)c(Cl)c1)[C@H](CN1CC[C@H](NC(=O)O)C1)c1ccccc1.Cl. The Hall–Kier alpha value is -1.99. The van der Waals surface area contributed by atoms with Crippen molar-refractivity contribution in [1.29, 1.82) is 0 Å². The number of nitrogens with zero attached hydrogens (tertiary/aromatic N) is 2. The summed E-state index contributed by atoms with van der Waals surface area (Å²) in [6.45, 7) is 2.04. The molecule has 2 atom stereocenters. The predicted molar refractivity (Wildman–Crippen MR) is 125 cm³/mol. The molecule has 0 unspecified atom stereocenters. The van der Waals surface area contributed by atoms with E-state index >= 15 is 0 Å². The molecule has 0 spiro atoms. The second-order valence-electron chi connectivity index (χ2n) is 7.55. The van der Waals surface area contributed by atoms with Crippen molar-refractivity contribution in [2.75, 3.05) is 26.7 Å². The highest BCUT2D eigenvalue weighted by Gasteiger charge is 2.29. The van der Waals surface area contributed by atoms with Crippen molar-refractivity contribution in [3.63, 3.8) is 0 Å². The standard InChI is InChI=1S/C22H25Cl2N3O3.ClH/c1-26(21(28)12-15-7-8-18(23)19(24)11-15)20(16-5-3-2-4-6-16)14-27-10-9-17(13-27)25-22(29)30;/h2-8,11,17,20,25H,9-10,12-14H2,1H3,(H,29,30);1H/t17-,20+;/m0./s1. The topological polar surface area (TPSA) is 72.9 Å². The van der Waals surface area contributed by atoms with Crippen LogP contribution >= 0.6 is 35.6 Å². The summed E-state index contributed by atoms with van der Waals surface area (Å²) in [5.74, 6) is -0.0262. The molecule has 2 aromatic rings. The minimum atomic E-state index is -1.00. The van der Waals surface area contributed by atoms with Gasteiger partial charge in [-0.1, -0.05) is 59.6 Å². The third kappa shape index (κ3) is 7.01. The summed E-state index contributed by atoms with van der Waals surface area (Å²) in [7, 11) is 1.81. The molecule has 3 rings (SSSR count). The number of likely N-dealkylation sites (tertiary alicyclic amines) is 1. The molecule has 1 saturated heterocycles. The average molecular weight is 487 g/mol. The van der Waals surface area contributed by atoms with Gasteiger partial charge in [0.25, 0.3) is 0 Å². The molecule has 2 amide bonds. The van der Waals surface area contributed by atoms with E-state index in [1.165, 1.54) is 0 Å². The van der Waals surface area contributed by atoms with E-state index in [-0.39, 0.29) is 36.8 Å². The summed E-state index contributed by atoms with van der Waals surface area (Å²) in [5, 5.41) is 12.4. The molecule has 1 aliphatic rings. The van der Waals surface area contributed by atoms with E-state index in [1.54, 1.807) is 30.1 Å². The number of carbonyl (C=O) groups excluding carboxylic acids is 1. The minimum absolute atomic E-state index is 0. The molecule has 0 bridgehead atoms. The first-order valence-electron chi connectivity index (χ1n) is 9.80. The Morgan fingerprint density at radius 1 is 1.19 bits per heavy atom. The van der Waals surface area contributed by atoms with Crippen LogP contribution in [0.4, 0.5) is 4.79 Å². The predicted octanol–water partition coefficient (Wildman–Crippen LogP) is 4.50. The molecular formula is C22H26Cl3N3O3. The molecule has 6 nitrogen and oxygen atoms in total. The monoisotopic (exact) mass is 485 g/mol. The Kier molecular flexibility index (Phi) is 9.44. The number of likely N-dealkylation sites (N-methyl/N-ethyl adjacent to an activating group) is 1. The van der Waals surface area contributed by atoms with E-state index in [4.69, 9.17) is 28.3 Å². The van der Waals surface area contributed by atoms with Gasteiger partial charge in [0.15, 0.2) is 0 Å². The normalized spacial score (nSPS) is 16.9. The summed E-state index contributed by atoms with van der Waals surface area (Å²) in [4.78, 5) is 27.9. The molecule has 2 N–H and O–H groups in total. The molecule has 0 radical (unpaired) electrons. The lowest BCUT2D eigenvalue weighted by atomic mass is 10.0. The van der Waals surface area contributed by atoms with Gasteiger partial charge in [-0.2, -0.15) is 0 Å². The molecule has 0 aromatic heterocycles. The largest absolute Gasteiger partial charge is 0.465 e. The van der Waals surface area contributed by atoms with Crippen molar-refractivity contribution in [2.24, 2.45) is 0 Å². The van der Waals surface area contributed by atoms with Crippen LogP contribution in [-0.4, -0.2) is 59.6 Å². The Balaban J connectivity index is 0.00000341. The summed E-state index contributed by atoms with van der Waals surface area (Å²) in [6, 6.07) is 14.9. The van der Waals surface area contributed by atoms with Crippen LogP contribution in [-0.2, 0) is 11.2 Å². The molecule has 1 aliphatic heterocycles. The van der Waals surface area contributed by atoms with Crippen LogP contribution in [0, 0.1) is 0 Å². The van der Waals surface area contributed by atoms with Gasteiger partial charge in [0, 0.05) is 32.7 Å². The van der Waals surface area contributed by atoms with E-state index < -0.39 is 6.09 Å². The first kappa shape index (κ1) is 25.3.